The highest BCUT2D eigenvalue weighted by molar-refractivity contribution is 5.82. The molecule has 1 aliphatic heterocycles. The predicted molar refractivity (Wildman–Crippen MR) is 58.4 cm³/mol. The van der Waals surface area contributed by atoms with Crippen LogP contribution in [0.4, 0.5) is 0 Å². The van der Waals surface area contributed by atoms with Gasteiger partial charge in [0.05, 0.1) is 0 Å². The average molecular weight is 229 g/mol. The summed E-state index contributed by atoms with van der Waals surface area (Å²) in [6, 6.07) is -0.691. The standard InChI is InChI=1S/C10H19N3O3/c1-13(2)10(16)8(14)7(11)5-6-3-4-12-9(6)15/h6-8,14H,3-5,11H2,1-2H3,(H,12,15)/t6-,7-,8?/m0/s1. The van der Waals surface area contributed by atoms with Crippen LogP contribution in [0.15, 0.2) is 0 Å². The third-order valence-electron chi connectivity index (χ3n) is 2.82. The first-order valence-electron chi connectivity index (χ1n) is 5.36. The predicted octanol–water partition coefficient (Wildman–Crippen LogP) is -1.71. The van der Waals surface area contributed by atoms with Gasteiger partial charge in [-0.15, -0.1) is 0 Å². The van der Waals surface area contributed by atoms with Crippen LogP contribution in [0, 0.1) is 5.92 Å². The molecule has 0 spiro atoms. The molecule has 0 aromatic rings. The lowest BCUT2D eigenvalue weighted by Gasteiger charge is -2.22. The maximum atomic E-state index is 11.4. The molecule has 1 heterocycles. The zero-order valence-corrected chi connectivity index (χ0v) is 9.64. The number of nitrogens with zero attached hydrogens (tertiary/aromatic N) is 1. The van der Waals surface area contributed by atoms with Crippen LogP contribution in [0.1, 0.15) is 12.8 Å². The van der Waals surface area contributed by atoms with Gasteiger partial charge in [0.15, 0.2) is 0 Å². The molecule has 1 saturated heterocycles. The van der Waals surface area contributed by atoms with Gasteiger partial charge < -0.3 is 21.1 Å². The summed E-state index contributed by atoms with van der Waals surface area (Å²) in [4.78, 5) is 24.0. The fraction of sp³-hybridized carbons (Fsp3) is 0.800. The molecule has 1 aliphatic rings. The van der Waals surface area contributed by atoms with Gasteiger partial charge in [0.2, 0.25) is 5.91 Å². The zero-order chi connectivity index (χ0) is 12.3. The molecule has 3 atom stereocenters. The number of hydrogen-bond donors (Lipinski definition) is 3. The number of amides is 2. The Labute approximate surface area is 94.8 Å². The van der Waals surface area contributed by atoms with E-state index in [2.05, 4.69) is 5.32 Å². The van der Waals surface area contributed by atoms with E-state index in [1.54, 1.807) is 14.1 Å². The Morgan fingerprint density at radius 2 is 2.31 bits per heavy atom. The average Bonchev–Trinajstić information content (AvgIpc) is 2.62. The van der Waals surface area contributed by atoms with Gasteiger partial charge in [-0.3, -0.25) is 9.59 Å². The van der Waals surface area contributed by atoms with Crippen molar-refractivity contribution in [3.05, 3.63) is 0 Å². The molecule has 0 radical (unpaired) electrons. The second-order valence-electron chi connectivity index (χ2n) is 4.35. The first-order chi connectivity index (χ1) is 7.43. The minimum absolute atomic E-state index is 0.0417. The molecule has 1 rings (SSSR count). The normalized spacial score (nSPS) is 23.8. The van der Waals surface area contributed by atoms with E-state index in [4.69, 9.17) is 5.73 Å². The molecule has 1 unspecified atom stereocenters. The van der Waals surface area contributed by atoms with Gasteiger partial charge in [0.25, 0.3) is 5.91 Å². The monoisotopic (exact) mass is 229 g/mol. The Morgan fingerprint density at radius 1 is 1.69 bits per heavy atom. The van der Waals surface area contributed by atoms with Crippen LogP contribution in [0.5, 0.6) is 0 Å². The minimum atomic E-state index is -1.23. The summed E-state index contributed by atoms with van der Waals surface area (Å²) in [7, 11) is 3.11. The largest absolute Gasteiger partial charge is 0.382 e. The fourth-order valence-electron chi connectivity index (χ4n) is 1.78. The first-order valence-corrected chi connectivity index (χ1v) is 5.36. The molecule has 0 saturated carbocycles. The summed E-state index contributed by atoms with van der Waals surface area (Å²) >= 11 is 0. The van der Waals surface area contributed by atoms with Crippen LogP contribution >= 0.6 is 0 Å². The number of aliphatic hydroxyl groups is 1. The van der Waals surface area contributed by atoms with E-state index in [1.165, 1.54) is 4.90 Å². The highest BCUT2D eigenvalue weighted by Crippen LogP contribution is 2.17. The number of rotatable bonds is 4. The SMILES string of the molecule is CN(C)C(=O)C(O)[C@@H](N)C[C@@H]1CCNC1=O. The number of nitrogens with one attached hydrogen (secondary N) is 1. The van der Waals surface area contributed by atoms with E-state index in [0.717, 1.165) is 6.42 Å². The van der Waals surface area contributed by atoms with Crippen molar-refractivity contribution in [3.63, 3.8) is 0 Å². The Balaban J connectivity index is 2.48. The minimum Gasteiger partial charge on any atom is -0.382 e. The van der Waals surface area contributed by atoms with Crippen LogP contribution in [0.3, 0.4) is 0 Å². The molecule has 6 nitrogen and oxygen atoms in total. The second kappa shape index (κ2) is 5.27. The maximum Gasteiger partial charge on any atom is 0.252 e. The molecular weight excluding hydrogens is 210 g/mol. The van der Waals surface area contributed by atoms with Crippen LogP contribution in [0.2, 0.25) is 0 Å². The van der Waals surface area contributed by atoms with Gasteiger partial charge in [-0.05, 0) is 12.8 Å². The highest BCUT2D eigenvalue weighted by Gasteiger charge is 2.31. The molecule has 4 N–H and O–H groups in total. The van der Waals surface area contributed by atoms with Gasteiger partial charge in [0.1, 0.15) is 6.10 Å². The van der Waals surface area contributed by atoms with Crippen molar-refractivity contribution in [1.29, 1.82) is 0 Å². The molecule has 1 fully saturated rings. The third kappa shape index (κ3) is 2.93. The van der Waals surface area contributed by atoms with Crippen LogP contribution in [-0.2, 0) is 9.59 Å². The Bertz CT molecular complexity index is 280. The van der Waals surface area contributed by atoms with Crippen LogP contribution < -0.4 is 11.1 Å². The number of hydrogen-bond acceptors (Lipinski definition) is 4. The summed E-state index contributed by atoms with van der Waals surface area (Å²) in [6.07, 6.45) is -0.175. The summed E-state index contributed by atoms with van der Waals surface area (Å²) in [5.74, 6) is -0.648. The van der Waals surface area contributed by atoms with Gasteiger partial charge in [-0.25, -0.2) is 0 Å². The van der Waals surface area contributed by atoms with E-state index < -0.39 is 18.1 Å². The summed E-state index contributed by atoms with van der Waals surface area (Å²) in [6.45, 7) is 0.647. The number of carbonyl (C=O) groups is 2. The number of carbonyl (C=O) groups excluding carboxylic acids is 2. The summed E-state index contributed by atoms with van der Waals surface area (Å²) in [5, 5.41) is 12.3. The van der Waals surface area contributed by atoms with Crippen molar-refractivity contribution in [2.24, 2.45) is 11.7 Å². The van der Waals surface area contributed by atoms with Gasteiger partial charge in [-0.1, -0.05) is 0 Å². The smallest absolute Gasteiger partial charge is 0.252 e. The van der Waals surface area contributed by atoms with Crippen molar-refractivity contribution in [2.75, 3.05) is 20.6 Å². The van der Waals surface area contributed by atoms with Crippen LogP contribution in [0.25, 0.3) is 0 Å². The number of aliphatic hydroxyl groups excluding tert-OH is 1. The summed E-state index contributed by atoms with van der Waals surface area (Å²) < 4.78 is 0. The van der Waals surface area contributed by atoms with E-state index >= 15 is 0 Å². The molecule has 0 aliphatic carbocycles. The first kappa shape index (κ1) is 12.9. The molecule has 0 aromatic heterocycles. The van der Waals surface area contributed by atoms with Crippen molar-refractivity contribution in [3.8, 4) is 0 Å². The van der Waals surface area contributed by atoms with E-state index in [-0.39, 0.29) is 11.8 Å². The second-order valence-corrected chi connectivity index (χ2v) is 4.35. The molecule has 2 amide bonds. The quantitative estimate of drug-likeness (QED) is 0.535. The maximum absolute atomic E-state index is 11.4. The molecule has 0 aromatic carbocycles. The van der Waals surface area contributed by atoms with Crippen molar-refractivity contribution in [1.82, 2.24) is 10.2 Å². The molecule has 92 valence electrons. The van der Waals surface area contributed by atoms with Gasteiger partial charge >= 0.3 is 0 Å². The Morgan fingerprint density at radius 3 is 2.75 bits per heavy atom. The lowest BCUT2D eigenvalue weighted by Crippen LogP contribution is -2.47. The summed E-state index contributed by atoms with van der Waals surface area (Å²) in [5.41, 5.74) is 5.72. The fourth-order valence-corrected chi connectivity index (χ4v) is 1.78. The van der Waals surface area contributed by atoms with E-state index in [0.29, 0.717) is 13.0 Å². The topological polar surface area (TPSA) is 95.7 Å². The van der Waals surface area contributed by atoms with E-state index in [1.807, 2.05) is 0 Å². The highest BCUT2D eigenvalue weighted by atomic mass is 16.3. The van der Waals surface area contributed by atoms with E-state index in [9.17, 15) is 14.7 Å². The molecule has 6 heteroatoms. The zero-order valence-electron chi connectivity index (χ0n) is 9.64. The van der Waals surface area contributed by atoms with Crippen molar-refractivity contribution >= 4 is 11.8 Å². The third-order valence-corrected chi connectivity index (χ3v) is 2.82. The van der Waals surface area contributed by atoms with Gasteiger partial charge in [-0.2, -0.15) is 0 Å². The lowest BCUT2D eigenvalue weighted by atomic mass is 9.95. The van der Waals surface area contributed by atoms with Crippen LogP contribution in [-0.4, -0.2) is 54.6 Å². The molecule has 0 bridgehead atoms. The molecular formula is C10H19N3O3. The van der Waals surface area contributed by atoms with Crippen molar-refractivity contribution < 1.29 is 14.7 Å². The Kier molecular flexibility index (Phi) is 4.26. The molecule has 16 heavy (non-hydrogen) atoms. The number of nitrogens with two attached hydrogens (primary N) is 1. The Hall–Kier alpha value is -1.14. The number of likely N-dealkylation sites (N-methyl/N-ethyl adjacent to an activating group) is 1. The lowest BCUT2D eigenvalue weighted by molar-refractivity contribution is -0.139. The van der Waals surface area contributed by atoms with Gasteiger partial charge in [0, 0.05) is 32.6 Å². The van der Waals surface area contributed by atoms with Crippen molar-refractivity contribution in [2.45, 2.75) is 25.0 Å².